The Bertz CT molecular complexity index is 386. The molecule has 0 radical (unpaired) electrons. The minimum atomic E-state index is -0.264. The number of rotatable bonds is 3. The van der Waals surface area contributed by atoms with E-state index in [2.05, 4.69) is 6.58 Å². The van der Waals surface area contributed by atoms with Gasteiger partial charge in [0.25, 0.3) is 0 Å². The van der Waals surface area contributed by atoms with Crippen LogP contribution in [0.4, 0.5) is 0 Å². The van der Waals surface area contributed by atoms with Crippen LogP contribution in [0.1, 0.15) is 10.4 Å². The van der Waals surface area contributed by atoms with E-state index in [0.29, 0.717) is 11.3 Å². The molecule has 0 fully saturated rings. The maximum atomic E-state index is 11.3. The summed E-state index contributed by atoms with van der Waals surface area (Å²) in [6.45, 7) is 3.37. The van der Waals surface area contributed by atoms with Crippen LogP contribution >= 0.6 is 23.2 Å². The van der Waals surface area contributed by atoms with Crippen molar-refractivity contribution in [2.75, 3.05) is 7.11 Å². The molecule has 0 saturated heterocycles. The van der Waals surface area contributed by atoms with Gasteiger partial charge in [-0.05, 0) is 18.2 Å². The molecule has 0 aromatic heterocycles. The van der Waals surface area contributed by atoms with Gasteiger partial charge in [-0.25, -0.2) is 0 Å². The maximum absolute atomic E-state index is 11.3. The highest BCUT2D eigenvalue weighted by Crippen LogP contribution is 2.34. The van der Waals surface area contributed by atoms with Crippen LogP contribution in [-0.4, -0.2) is 12.9 Å². The quantitative estimate of drug-likeness (QED) is 0.588. The summed E-state index contributed by atoms with van der Waals surface area (Å²) in [6.07, 6.45) is 1.18. The Morgan fingerprint density at radius 2 is 2.07 bits per heavy atom. The van der Waals surface area contributed by atoms with Crippen LogP contribution in [0.25, 0.3) is 0 Å². The van der Waals surface area contributed by atoms with E-state index >= 15 is 0 Å². The van der Waals surface area contributed by atoms with Gasteiger partial charge in [-0.3, -0.25) is 4.79 Å². The Kier molecular flexibility index (Phi) is 3.55. The summed E-state index contributed by atoms with van der Waals surface area (Å²) in [5.74, 6) is 0.178. The molecule has 0 saturated carbocycles. The number of halogens is 2. The maximum Gasteiger partial charge on any atom is 0.186 e. The first-order chi connectivity index (χ1) is 6.61. The third-order valence-corrected chi connectivity index (χ3v) is 2.58. The van der Waals surface area contributed by atoms with Gasteiger partial charge in [0.1, 0.15) is 10.8 Å². The summed E-state index contributed by atoms with van der Waals surface area (Å²) >= 11 is 11.7. The van der Waals surface area contributed by atoms with Crippen molar-refractivity contribution in [2.45, 2.75) is 0 Å². The number of hydrogen-bond donors (Lipinski definition) is 0. The molecule has 0 aliphatic rings. The van der Waals surface area contributed by atoms with E-state index in [1.54, 1.807) is 12.1 Å². The molecule has 0 N–H and O–H groups in total. The second-order valence-electron chi connectivity index (χ2n) is 2.51. The summed E-state index contributed by atoms with van der Waals surface area (Å²) in [5, 5.41) is 0.429. The fourth-order valence-corrected chi connectivity index (χ4v) is 1.48. The second kappa shape index (κ2) is 4.49. The van der Waals surface area contributed by atoms with Gasteiger partial charge in [0.05, 0.1) is 12.1 Å². The van der Waals surface area contributed by atoms with Crippen LogP contribution in [0, 0.1) is 0 Å². The van der Waals surface area contributed by atoms with Crippen LogP contribution in [0.5, 0.6) is 5.75 Å². The Morgan fingerprint density at radius 1 is 1.43 bits per heavy atom. The molecule has 0 bridgehead atoms. The Hall–Kier alpha value is -0.990. The highest BCUT2D eigenvalue weighted by atomic mass is 35.5. The van der Waals surface area contributed by atoms with Gasteiger partial charge < -0.3 is 4.74 Å². The van der Waals surface area contributed by atoms with Gasteiger partial charge in [-0.15, -0.1) is 0 Å². The van der Waals surface area contributed by atoms with Crippen LogP contribution < -0.4 is 4.74 Å². The Morgan fingerprint density at radius 3 is 2.57 bits per heavy atom. The molecule has 0 heterocycles. The number of benzene rings is 1. The van der Waals surface area contributed by atoms with E-state index in [0.717, 1.165) is 0 Å². The van der Waals surface area contributed by atoms with E-state index < -0.39 is 0 Å². The van der Waals surface area contributed by atoms with Crippen molar-refractivity contribution in [2.24, 2.45) is 0 Å². The zero-order valence-electron chi connectivity index (χ0n) is 7.51. The van der Waals surface area contributed by atoms with E-state index in [1.165, 1.54) is 13.2 Å². The fourth-order valence-electron chi connectivity index (χ4n) is 0.990. The number of hydrogen-bond acceptors (Lipinski definition) is 2. The normalized spacial score (nSPS) is 9.64. The zero-order valence-corrected chi connectivity index (χ0v) is 9.02. The van der Waals surface area contributed by atoms with Crippen molar-refractivity contribution in [1.29, 1.82) is 0 Å². The monoisotopic (exact) mass is 230 g/mol. The van der Waals surface area contributed by atoms with Crippen LogP contribution in [0.3, 0.4) is 0 Å². The minimum Gasteiger partial charge on any atom is -0.495 e. The molecule has 0 unspecified atom stereocenters. The topological polar surface area (TPSA) is 26.3 Å². The van der Waals surface area contributed by atoms with Gasteiger partial charge in [0.15, 0.2) is 5.78 Å². The molecule has 2 nitrogen and oxygen atoms in total. The highest BCUT2D eigenvalue weighted by molar-refractivity contribution is 6.45. The molecular formula is C10H8Cl2O2. The van der Waals surface area contributed by atoms with Gasteiger partial charge in [-0.2, -0.15) is 0 Å². The molecule has 0 atom stereocenters. The molecule has 1 aromatic carbocycles. The van der Waals surface area contributed by atoms with Crippen LogP contribution in [0.15, 0.2) is 24.8 Å². The van der Waals surface area contributed by atoms with Crippen molar-refractivity contribution < 1.29 is 9.53 Å². The zero-order chi connectivity index (χ0) is 10.7. The SMILES string of the molecule is C=CC(=O)c1ccc(OC)c(Cl)c1Cl. The number of carbonyl (C=O) groups excluding carboxylic acids is 1. The molecule has 0 spiro atoms. The number of ketones is 1. The summed E-state index contributed by atoms with van der Waals surface area (Å²) in [6, 6.07) is 3.14. The van der Waals surface area contributed by atoms with Gasteiger partial charge in [0, 0.05) is 5.56 Å². The summed E-state index contributed by atoms with van der Waals surface area (Å²) in [5.41, 5.74) is 0.326. The van der Waals surface area contributed by atoms with E-state index in [1.807, 2.05) is 0 Å². The van der Waals surface area contributed by atoms with Gasteiger partial charge >= 0.3 is 0 Å². The predicted octanol–water partition coefficient (Wildman–Crippen LogP) is 3.37. The number of ether oxygens (including phenoxy) is 1. The molecule has 1 rings (SSSR count). The van der Waals surface area contributed by atoms with Crippen LogP contribution in [0.2, 0.25) is 10.0 Å². The molecule has 14 heavy (non-hydrogen) atoms. The van der Waals surface area contributed by atoms with Crippen molar-refractivity contribution in [3.8, 4) is 5.75 Å². The van der Waals surface area contributed by atoms with Crippen LogP contribution in [-0.2, 0) is 0 Å². The number of methoxy groups -OCH3 is 1. The summed E-state index contributed by atoms with van der Waals surface area (Å²) in [4.78, 5) is 11.3. The van der Waals surface area contributed by atoms with Crippen molar-refractivity contribution in [3.05, 3.63) is 40.4 Å². The number of allylic oxidation sites excluding steroid dienone is 1. The summed E-state index contributed by atoms with van der Waals surface area (Å²) < 4.78 is 4.94. The lowest BCUT2D eigenvalue weighted by atomic mass is 10.1. The third kappa shape index (κ3) is 1.91. The first-order valence-electron chi connectivity index (χ1n) is 3.80. The average Bonchev–Trinajstić information content (AvgIpc) is 2.21. The molecule has 1 aromatic rings. The molecular weight excluding hydrogens is 223 g/mol. The second-order valence-corrected chi connectivity index (χ2v) is 3.27. The largest absolute Gasteiger partial charge is 0.495 e. The van der Waals surface area contributed by atoms with Gasteiger partial charge in [0.2, 0.25) is 0 Å². The Labute approximate surface area is 92.1 Å². The van der Waals surface area contributed by atoms with Crippen molar-refractivity contribution in [1.82, 2.24) is 0 Å². The molecule has 0 aliphatic heterocycles. The lowest BCUT2D eigenvalue weighted by Crippen LogP contribution is -1.96. The highest BCUT2D eigenvalue weighted by Gasteiger charge is 2.13. The Balaban J connectivity index is 3.30. The van der Waals surface area contributed by atoms with Crippen molar-refractivity contribution in [3.63, 3.8) is 0 Å². The first kappa shape index (κ1) is 11.1. The molecule has 0 amide bonds. The lowest BCUT2D eigenvalue weighted by Gasteiger charge is -2.06. The molecule has 4 heteroatoms. The average molecular weight is 231 g/mol. The van der Waals surface area contributed by atoms with Crippen molar-refractivity contribution >= 4 is 29.0 Å². The standard InChI is InChI=1S/C10H8Cl2O2/c1-3-7(13)6-4-5-8(14-2)10(12)9(6)11/h3-5H,1H2,2H3. The number of carbonyl (C=O) groups is 1. The predicted molar refractivity (Wildman–Crippen MR) is 57.5 cm³/mol. The summed E-state index contributed by atoms with van der Waals surface area (Å²) in [7, 11) is 1.48. The minimum absolute atomic E-state index is 0.191. The fraction of sp³-hybridized carbons (Fsp3) is 0.100. The lowest BCUT2D eigenvalue weighted by molar-refractivity contribution is 0.104. The van der Waals surface area contributed by atoms with E-state index in [9.17, 15) is 4.79 Å². The van der Waals surface area contributed by atoms with Gasteiger partial charge in [-0.1, -0.05) is 29.8 Å². The van der Waals surface area contributed by atoms with E-state index in [-0.39, 0.29) is 15.8 Å². The molecule has 74 valence electrons. The first-order valence-corrected chi connectivity index (χ1v) is 4.56. The smallest absolute Gasteiger partial charge is 0.186 e. The van der Waals surface area contributed by atoms with E-state index in [4.69, 9.17) is 27.9 Å². The molecule has 0 aliphatic carbocycles. The third-order valence-electron chi connectivity index (χ3n) is 1.72.